The van der Waals surface area contributed by atoms with Gasteiger partial charge in [-0.15, -0.1) is 5.10 Å². The van der Waals surface area contributed by atoms with Crippen LogP contribution in [0, 0.1) is 5.92 Å². The Morgan fingerprint density at radius 2 is 1.77 bits per heavy atom. The predicted octanol–water partition coefficient (Wildman–Crippen LogP) is 1.04. The number of nitrogens with zero attached hydrogens (tertiary/aromatic N) is 7. The average Bonchev–Trinajstić information content (AvgIpc) is 3.32. The standard InChI is InChI=1S/C22H31N7O2/c30-21(27-13-11-26(12-14-27)15-19-5-2-1-3-6-19)9-8-20-7-4-10-28(16-20)22(31)17-29-18-23-24-25-29/h1-3,5-6,18,20H,4,7-17H2/t20-/m1/s1. The van der Waals surface area contributed by atoms with E-state index in [4.69, 9.17) is 0 Å². The molecule has 1 atom stereocenters. The van der Waals surface area contributed by atoms with Gasteiger partial charge in [-0.3, -0.25) is 14.5 Å². The van der Waals surface area contributed by atoms with Gasteiger partial charge in [0, 0.05) is 52.2 Å². The van der Waals surface area contributed by atoms with Crippen molar-refractivity contribution in [2.24, 2.45) is 5.92 Å². The number of carbonyl (C=O) groups is 2. The van der Waals surface area contributed by atoms with E-state index in [1.165, 1.54) is 16.6 Å². The van der Waals surface area contributed by atoms with E-state index >= 15 is 0 Å². The van der Waals surface area contributed by atoms with Gasteiger partial charge in [0.2, 0.25) is 11.8 Å². The van der Waals surface area contributed by atoms with Gasteiger partial charge in [0.15, 0.2) is 0 Å². The topological polar surface area (TPSA) is 87.5 Å². The third kappa shape index (κ3) is 6.10. The second-order valence-electron chi connectivity index (χ2n) is 8.54. The molecule has 0 radical (unpaired) electrons. The van der Waals surface area contributed by atoms with Crippen molar-refractivity contribution < 1.29 is 9.59 Å². The largest absolute Gasteiger partial charge is 0.341 e. The van der Waals surface area contributed by atoms with E-state index in [1.807, 2.05) is 15.9 Å². The summed E-state index contributed by atoms with van der Waals surface area (Å²) in [4.78, 5) is 31.5. The number of likely N-dealkylation sites (tertiary alicyclic amines) is 1. The lowest BCUT2D eigenvalue weighted by Gasteiger charge is -2.36. The second kappa shape index (κ2) is 10.5. The van der Waals surface area contributed by atoms with E-state index in [0.717, 1.165) is 65.1 Å². The number of hydrogen-bond donors (Lipinski definition) is 0. The van der Waals surface area contributed by atoms with Crippen molar-refractivity contribution in [2.45, 2.75) is 38.8 Å². The van der Waals surface area contributed by atoms with Gasteiger partial charge in [0.05, 0.1) is 0 Å². The molecule has 2 aromatic rings. The van der Waals surface area contributed by atoms with Gasteiger partial charge < -0.3 is 9.80 Å². The monoisotopic (exact) mass is 425 g/mol. The minimum atomic E-state index is 0.0397. The Kier molecular flexibility index (Phi) is 7.24. The Labute approximate surface area is 183 Å². The average molecular weight is 426 g/mol. The molecule has 9 nitrogen and oxygen atoms in total. The quantitative estimate of drug-likeness (QED) is 0.659. The smallest absolute Gasteiger partial charge is 0.244 e. The summed E-state index contributed by atoms with van der Waals surface area (Å²) in [7, 11) is 0. The molecule has 2 aliphatic heterocycles. The van der Waals surface area contributed by atoms with Gasteiger partial charge in [-0.25, -0.2) is 4.68 Å². The number of rotatable bonds is 7. The summed E-state index contributed by atoms with van der Waals surface area (Å²) in [6.45, 7) is 6.05. The maximum absolute atomic E-state index is 12.7. The van der Waals surface area contributed by atoms with Crippen LogP contribution in [-0.2, 0) is 22.7 Å². The molecule has 2 saturated heterocycles. The van der Waals surface area contributed by atoms with Crippen molar-refractivity contribution in [2.75, 3.05) is 39.3 Å². The fourth-order valence-corrected chi connectivity index (χ4v) is 4.50. The van der Waals surface area contributed by atoms with Crippen LogP contribution in [0.2, 0.25) is 0 Å². The van der Waals surface area contributed by atoms with Gasteiger partial charge in [0.1, 0.15) is 12.9 Å². The second-order valence-corrected chi connectivity index (χ2v) is 8.54. The summed E-state index contributed by atoms with van der Waals surface area (Å²) in [5.41, 5.74) is 1.32. The van der Waals surface area contributed by atoms with Crippen LogP contribution in [0.15, 0.2) is 36.7 Å². The molecule has 2 amide bonds. The third-order valence-electron chi connectivity index (χ3n) is 6.30. The number of piperidine rings is 1. The van der Waals surface area contributed by atoms with E-state index < -0.39 is 0 Å². The lowest BCUT2D eigenvalue weighted by Crippen LogP contribution is -2.48. The summed E-state index contributed by atoms with van der Waals surface area (Å²) in [5.74, 6) is 0.671. The molecule has 0 aliphatic carbocycles. The number of aromatic nitrogens is 4. The van der Waals surface area contributed by atoms with Crippen LogP contribution >= 0.6 is 0 Å². The molecule has 31 heavy (non-hydrogen) atoms. The first-order valence-electron chi connectivity index (χ1n) is 11.2. The van der Waals surface area contributed by atoms with Gasteiger partial charge in [-0.2, -0.15) is 0 Å². The zero-order valence-corrected chi connectivity index (χ0v) is 18.0. The first-order valence-corrected chi connectivity index (χ1v) is 11.2. The van der Waals surface area contributed by atoms with Crippen molar-refractivity contribution in [3.63, 3.8) is 0 Å². The van der Waals surface area contributed by atoms with Crippen LogP contribution in [0.3, 0.4) is 0 Å². The van der Waals surface area contributed by atoms with Crippen molar-refractivity contribution in [3.05, 3.63) is 42.2 Å². The highest BCUT2D eigenvalue weighted by molar-refractivity contribution is 5.77. The molecule has 0 N–H and O–H groups in total. The van der Waals surface area contributed by atoms with Crippen LogP contribution in [0.1, 0.15) is 31.2 Å². The first-order chi connectivity index (χ1) is 15.2. The van der Waals surface area contributed by atoms with E-state index in [-0.39, 0.29) is 18.4 Å². The lowest BCUT2D eigenvalue weighted by atomic mass is 9.93. The van der Waals surface area contributed by atoms with Gasteiger partial charge in [0.25, 0.3) is 0 Å². The summed E-state index contributed by atoms with van der Waals surface area (Å²) in [6.07, 6.45) is 4.93. The maximum atomic E-state index is 12.7. The molecule has 2 fully saturated rings. The highest BCUT2D eigenvalue weighted by Gasteiger charge is 2.26. The Morgan fingerprint density at radius 3 is 2.52 bits per heavy atom. The molecule has 1 aromatic carbocycles. The fourth-order valence-electron chi connectivity index (χ4n) is 4.50. The van der Waals surface area contributed by atoms with Crippen LogP contribution in [-0.4, -0.2) is 86.0 Å². The highest BCUT2D eigenvalue weighted by Crippen LogP contribution is 2.22. The fraction of sp³-hybridized carbons (Fsp3) is 0.591. The zero-order valence-electron chi connectivity index (χ0n) is 18.0. The van der Waals surface area contributed by atoms with E-state index in [0.29, 0.717) is 12.3 Å². The summed E-state index contributed by atoms with van der Waals surface area (Å²) in [6, 6.07) is 10.5. The third-order valence-corrected chi connectivity index (χ3v) is 6.30. The number of hydrogen-bond acceptors (Lipinski definition) is 6. The molecule has 0 spiro atoms. The SMILES string of the molecule is O=C(CC[C@H]1CCCN(C(=O)Cn2cnnn2)C1)N1CCN(Cc2ccccc2)CC1. The van der Waals surface area contributed by atoms with Crippen molar-refractivity contribution >= 4 is 11.8 Å². The molecule has 166 valence electrons. The van der Waals surface area contributed by atoms with Crippen molar-refractivity contribution in [1.82, 2.24) is 34.9 Å². The first kappa shape index (κ1) is 21.4. The number of amides is 2. The summed E-state index contributed by atoms with van der Waals surface area (Å²) >= 11 is 0. The molecule has 4 rings (SSSR count). The van der Waals surface area contributed by atoms with Gasteiger partial charge in [-0.05, 0) is 41.2 Å². The predicted molar refractivity (Wildman–Crippen MR) is 115 cm³/mol. The summed E-state index contributed by atoms with van der Waals surface area (Å²) < 4.78 is 1.45. The zero-order chi connectivity index (χ0) is 21.5. The number of benzene rings is 1. The van der Waals surface area contributed by atoms with Gasteiger partial charge >= 0.3 is 0 Å². The van der Waals surface area contributed by atoms with Crippen LogP contribution < -0.4 is 0 Å². The van der Waals surface area contributed by atoms with Crippen LogP contribution in [0.25, 0.3) is 0 Å². The Bertz CT molecular complexity index is 835. The molecule has 9 heteroatoms. The molecular formula is C22H31N7O2. The summed E-state index contributed by atoms with van der Waals surface area (Å²) in [5, 5.41) is 10.9. The number of carbonyl (C=O) groups excluding carboxylic acids is 2. The molecule has 2 aliphatic rings. The molecule has 1 aromatic heterocycles. The van der Waals surface area contributed by atoms with Crippen LogP contribution in [0.5, 0.6) is 0 Å². The molecule has 0 unspecified atom stereocenters. The highest BCUT2D eigenvalue weighted by atomic mass is 16.2. The van der Waals surface area contributed by atoms with Crippen molar-refractivity contribution in [3.8, 4) is 0 Å². The molecule has 3 heterocycles. The lowest BCUT2D eigenvalue weighted by molar-refractivity contribution is -0.134. The van der Waals surface area contributed by atoms with E-state index in [2.05, 4.69) is 44.7 Å². The maximum Gasteiger partial charge on any atom is 0.244 e. The Hall–Kier alpha value is -2.81. The molecular weight excluding hydrogens is 394 g/mol. The van der Waals surface area contributed by atoms with E-state index in [9.17, 15) is 9.59 Å². The minimum Gasteiger partial charge on any atom is -0.341 e. The van der Waals surface area contributed by atoms with E-state index in [1.54, 1.807) is 0 Å². The Balaban J connectivity index is 1.17. The molecule has 0 bridgehead atoms. The number of tetrazole rings is 1. The number of piperazine rings is 1. The van der Waals surface area contributed by atoms with Gasteiger partial charge in [-0.1, -0.05) is 30.3 Å². The Morgan fingerprint density at radius 1 is 0.968 bits per heavy atom. The van der Waals surface area contributed by atoms with Crippen LogP contribution in [0.4, 0.5) is 0 Å². The van der Waals surface area contributed by atoms with Crippen molar-refractivity contribution in [1.29, 1.82) is 0 Å². The molecule has 0 saturated carbocycles. The normalized spacial score (nSPS) is 20.1. The minimum absolute atomic E-state index is 0.0397.